The van der Waals surface area contributed by atoms with E-state index in [-0.39, 0.29) is 5.57 Å². The normalized spacial score (nSPS) is 19.9. The molecule has 0 fully saturated rings. The van der Waals surface area contributed by atoms with Crippen molar-refractivity contribution in [3.8, 4) is 0 Å². The lowest BCUT2D eigenvalue weighted by Crippen LogP contribution is -2.34. The number of aliphatic hydroxyl groups is 1. The number of halogens is 1. The van der Waals surface area contributed by atoms with Crippen LogP contribution in [0.15, 0.2) is 65.2 Å². The van der Waals surface area contributed by atoms with Gasteiger partial charge in [0.05, 0.1) is 16.3 Å². The topological polar surface area (TPSA) is 64.0 Å². The molecule has 4 rings (SSSR count). The fourth-order valence-electron chi connectivity index (χ4n) is 3.26. The zero-order valence-corrected chi connectivity index (χ0v) is 17.5. The molecule has 0 amide bonds. The van der Waals surface area contributed by atoms with Gasteiger partial charge in [-0.15, -0.1) is 0 Å². The molecular weight excluding hydrogens is 415 g/mol. The van der Waals surface area contributed by atoms with Crippen molar-refractivity contribution in [1.82, 2.24) is 4.90 Å². The zero-order valence-electron chi connectivity index (χ0n) is 15.0. The molecule has 0 aliphatic carbocycles. The van der Waals surface area contributed by atoms with Gasteiger partial charge in [-0.3, -0.25) is 0 Å². The highest BCUT2D eigenvalue weighted by Crippen LogP contribution is 2.52. The van der Waals surface area contributed by atoms with Crippen LogP contribution in [-0.4, -0.2) is 40.6 Å². The Kier molecular flexibility index (Phi) is 5.39. The van der Waals surface area contributed by atoms with Crippen molar-refractivity contribution in [2.24, 2.45) is 0 Å². The number of allylic oxidation sites excluding steroid dienone is 2. The summed E-state index contributed by atoms with van der Waals surface area (Å²) in [6, 6.07) is 14.1. The van der Waals surface area contributed by atoms with Crippen LogP contribution in [0.25, 0.3) is 5.57 Å². The Morgan fingerprint density at radius 3 is 2.75 bits per heavy atom. The van der Waals surface area contributed by atoms with Crippen LogP contribution < -0.4 is 4.90 Å². The Labute approximate surface area is 173 Å². The van der Waals surface area contributed by atoms with Crippen LogP contribution in [0.2, 0.25) is 5.02 Å². The van der Waals surface area contributed by atoms with E-state index in [4.69, 9.17) is 11.6 Å². The molecule has 2 aliphatic heterocycles. The predicted molar refractivity (Wildman–Crippen MR) is 117 cm³/mol. The SMILES string of the molecule is CN1C=C(c2cc3c(cc2Cl)N(c2ccccc2)CPS3)C=C(C(=O)O)C1O. The minimum atomic E-state index is -1.18. The number of anilines is 2. The zero-order chi connectivity index (χ0) is 19.8. The lowest BCUT2D eigenvalue weighted by Gasteiger charge is -2.32. The lowest BCUT2D eigenvalue weighted by atomic mass is 9.99. The van der Waals surface area contributed by atoms with Gasteiger partial charge in [-0.1, -0.05) is 41.2 Å². The quantitative estimate of drug-likeness (QED) is 0.682. The molecule has 0 saturated carbocycles. The summed E-state index contributed by atoms with van der Waals surface area (Å²) < 4.78 is 0. The molecule has 2 aromatic carbocycles. The predicted octanol–water partition coefficient (Wildman–Crippen LogP) is 4.75. The van der Waals surface area contributed by atoms with E-state index in [1.807, 2.05) is 30.3 Å². The molecule has 0 aromatic heterocycles. The summed E-state index contributed by atoms with van der Waals surface area (Å²) in [4.78, 5) is 16.3. The third-order valence-corrected chi connectivity index (χ3v) is 7.62. The van der Waals surface area contributed by atoms with Gasteiger partial charge in [-0.25, -0.2) is 4.79 Å². The van der Waals surface area contributed by atoms with Crippen molar-refractivity contribution in [1.29, 1.82) is 0 Å². The Bertz CT molecular complexity index is 996. The summed E-state index contributed by atoms with van der Waals surface area (Å²) in [7, 11) is 2.32. The molecule has 2 heterocycles. The second kappa shape index (κ2) is 7.80. The van der Waals surface area contributed by atoms with E-state index in [0.29, 0.717) is 18.4 Å². The molecule has 8 heteroatoms. The number of carbonyl (C=O) groups is 1. The van der Waals surface area contributed by atoms with Gasteiger partial charge < -0.3 is 20.0 Å². The third-order valence-electron chi connectivity index (χ3n) is 4.69. The minimum absolute atomic E-state index is 0.0748. The van der Waals surface area contributed by atoms with Crippen LogP contribution in [0, 0.1) is 0 Å². The number of aliphatic carboxylic acids is 1. The summed E-state index contributed by atoms with van der Waals surface area (Å²) in [5.74, 6) is -1.15. The number of nitrogens with zero attached hydrogens (tertiary/aromatic N) is 2. The van der Waals surface area contributed by atoms with Gasteiger partial charge in [0.25, 0.3) is 0 Å². The first-order valence-corrected chi connectivity index (χ1v) is 11.7. The highest BCUT2D eigenvalue weighted by atomic mass is 35.5. The van der Waals surface area contributed by atoms with Gasteiger partial charge in [0.15, 0.2) is 6.23 Å². The number of aliphatic hydroxyl groups excluding tert-OH is 1. The number of hydrogen-bond donors (Lipinski definition) is 2. The second-order valence-electron chi connectivity index (χ2n) is 6.50. The van der Waals surface area contributed by atoms with Crippen molar-refractivity contribution >= 4 is 53.7 Å². The van der Waals surface area contributed by atoms with Crippen LogP contribution in [0.1, 0.15) is 5.56 Å². The van der Waals surface area contributed by atoms with Crippen LogP contribution >= 0.6 is 30.8 Å². The monoisotopic (exact) mass is 432 g/mol. The van der Waals surface area contributed by atoms with Crippen LogP contribution in [0.4, 0.5) is 11.4 Å². The first-order chi connectivity index (χ1) is 13.5. The van der Waals surface area contributed by atoms with E-state index in [2.05, 4.69) is 17.0 Å². The Balaban J connectivity index is 1.78. The molecule has 0 bridgehead atoms. The Hall–Kier alpha value is -1.98. The Morgan fingerprint density at radius 1 is 1.29 bits per heavy atom. The summed E-state index contributed by atoms with van der Waals surface area (Å²) in [5.41, 5.74) is 3.52. The van der Waals surface area contributed by atoms with E-state index >= 15 is 0 Å². The van der Waals surface area contributed by atoms with Gasteiger partial charge in [0.1, 0.15) is 0 Å². The highest BCUT2D eigenvalue weighted by Gasteiger charge is 2.27. The van der Waals surface area contributed by atoms with Crippen molar-refractivity contribution in [3.63, 3.8) is 0 Å². The molecular formula is C20H18ClN2O3PS. The summed E-state index contributed by atoms with van der Waals surface area (Å²) in [6.45, 7) is 0. The van der Waals surface area contributed by atoms with Gasteiger partial charge in [-0.05, 0) is 43.7 Å². The fourth-order valence-corrected chi connectivity index (χ4v) is 6.22. The van der Waals surface area contributed by atoms with Gasteiger partial charge >= 0.3 is 5.97 Å². The van der Waals surface area contributed by atoms with E-state index in [1.165, 1.54) is 11.0 Å². The fraction of sp³-hybridized carbons (Fsp3) is 0.150. The van der Waals surface area contributed by atoms with Crippen molar-refractivity contribution in [2.45, 2.75) is 11.1 Å². The maximum atomic E-state index is 11.5. The Morgan fingerprint density at radius 2 is 2.04 bits per heavy atom. The van der Waals surface area contributed by atoms with Gasteiger partial charge in [0.2, 0.25) is 0 Å². The largest absolute Gasteiger partial charge is 0.478 e. The molecule has 0 saturated heterocycles. The summed E-state index contributed by atoms with van der Waals surface area (Å²) in [5, 5.41) is 20.0. The average Bonchev–Trinajstić information content (AvgIpc) is 2.69. The van der Waals surface area contributed by atoms with Crippen molar-refractivity contribution in [3.05, 3.63) is 70.9 Å². The molecule has 144 valence electrons. The van der Waals surface area contributed by atoms with E-state index in [1.54, 1.807) is 24.6 Å². The second-order valence-corrected chi connectivity index (χ2v) is 9.63. The number of rotatable bonds is 3. The molecule has 28 heavy (non-hydrogen) atoms. The van der Waals surface area contributed by atoms with Crippen LogP contribution in [-0.2, 0) is 4.79 Å². The molecule has 2 aromatic rings. The van der Waals surface area contributed by atoms with Crippen LogP contribution in [0.3, 0.4) is 0 Å². The molecule has 2 N–H and O–H groups in total. The van der Waals surface area contributed by atoms with Crippen LogP contribution in [0.5, 0.6) is 0 Å². The summed E-state index contributed by atoms with van der Waals surface area (Å²) in [6.07, 6.45) is 2.95. The number of para-hydroxylation sites is 1. The molecule has 0 radical (unpaired) electrons. The van der Waals surface area contributed by atoms with Gasteiger partial charge in [-0.2, -0.15) is 0 Å². The van der Waals surface area contributed by atoms with E-state index in [9.17, 15) is 15.0 Å². The molecule has 2 aliphatic rings. The molecule has 0 spiro atoms. The van der Waals surface area contributed by atoms with Crippen molar-refractivity contribution in [2.75, 3.05) is 18.2 Å². The number of hydrogen-bond acceptors (Lipinski definition) is 5. The lowest BCUT2D eigenvalue weighted by molar-refractivity contribution is -0.134. The number of likely N-dealkylation sites (N-methyl/N-ethyl adjacent to an activating group) is 1. The first kappa shape index (κ1) is 19.3. The third kappa shape index (κ3) is 3.53. The number of fused-ring (bicyclic) bond motifs is 1. The number of carboxylic acids is 1. The van der Waals surface area contributed by atoms with E-state index in [0.717, 1.165) is 28.1 Å². The summed E-state index contributed by atoms with van der Waals surface area (Å²) >= 11 is 8.41. The first-order valence-electron chi connectivity index (χ1n) is 8.58. The number of carboxylic acid groups (broad SMARTS) is 1. The molecule has 2 unspecified atom stereocenters. The highest BCUT2D eigenvalue weighted by molar-refractivity contribution is 8.49. The number of benzene rings is 2. The van der Waals surface area contributed by atoms with E-state index < -0.39 is 12.2 Å². The maximum absolute atomic E-state index is 11.5. The van der Waals surface area contributed by atoms with Gasteiger partial charge in [0, 0.05) is 35.7 Å². The van der Waals surface area contributed by atoms with Crippen molar-refractivity contribution < 1.29 is 15.0 Å². The average molecular weight is 433 g/mol. The maximum Gasteiger partial charge on any atom is 0.336 e. The minimum Gasteiger partial charge on any atom is -0.478 e. The smallest absolute Gasteiger partial charge is 0.336 e. The molecule has 5 nitrogen and oxygen atoms in total. The standard InChI is InChI=1S/C20H18ClN2O3PS/c1-22-10-12(7-15(19(22)24)20(25)26)14-8-18-17(9-16(14)21)23(11-27-28-18)13-5-3-2-4-6-13/h2-10,19,24,27H,11H2,1H3,(H,25,26). The molecule has 2 atom stereocenters.